The summed E-state index contributed by atoms with van der Waals surface area (Å²) in [6.07, 6.45) is 0.941. The summed E-state index contributed by atoms with van der Waals surface area (Å²) in [5.74, 6) is 0.886. The highest BCUT2D eigenvalue weighted by molar-refractivity contribution is 5.49. The van der Waals surface area contributed by atoms with Crippen LogP contribution in [0.3, 0.4) is 0 Å². The summed E-state index contributed by atoms with van der Waals surface area (Å²) in [4.78, 5) is 8.86. The number of anilines is 1. The average molecular weight is 270 g/mol. The number of rotatable bonds is 4. The molecule has 0 spiro atoms. The molecule has 1 aromatic heterocycles. The number of ether oxygens (including phenoxy) is 1. The molecule has 5 heteroatoms. The number of benzene rings is 1. The number of nitrogens with one attached hydrogen (secondary N) is 2. The molecule has 1 aromatic carbocycles. The van der Waals surface area contributed by atoms with E-state index in [0.29, 0.717) is 6.01 Å². The van der Waals surface area contributed by atoms with Gasteiger partial charge in [0.2, 0.25) is 0 Å². The van der Waals surface area contributed by atoms with Crippen molar-refractivity contribution >= 4 is 5.82 Å². The van der Waals surface area contributed by atoms with Gasteiger partial charge in [-0.2, -0.15) is 9.97 Å². The number of hydrogen-bond acceptors (Lipinski definition) is 5. The van der Waals surface area contributed by atoms with Gasteiger partial charge in [-0.15, -0.1) is 0 Å². The maximum Gasteiger partial charge on any atom is 0.318 e. The van der Waals surface area contributed by atoms with Crippen LogP contribution in [0.2, 0.25) is 0 Å². The second-order valence-corrected chi connectivity index (χ2v) is 4.75. The second-order valence-electron chi connectivity index (χ2n) is 4.75. The van der Waals surface area contributed by atoms with Crippen LogP contribution in [0.5, 0.6) is 6.01 Å². The van der Waals surface area contributed by atoms with E-state index in [2.05, 4.69) is 32.7 Å². The van der Waals surface area contributed by atoms with E-state index in [4.69, 9.17) is 4.74 Å². The molecule has 0 saturated carbocycles. The molecule has 2 heterocycles. The Kier molecular flexibility index (Phi) is 3.78. The van der Waals surface area contributed by atoms with E-state index in [9.17, 15) is 0 Å². The van der Waals surface area contributed by atoms with Crippen molar-refractivity contribution in [3.63, 3.8) is 0 Å². The van der Waals surface area contributed by atoms with Crippen LogP contribution in [-0.2, 0) is 19.5 Å². The predicted octanol–water partition coefficient (Wildman–Crippen LogP) is 1.74. The van der Waals surface area contributed by atoms with E-state index < -0.39 is 0 Å². The largest absolute Gasteiger partial charge is 0.467 e. The van der Waals surface area contributed by atoms with Crippen molar-refractivity contribution in [1.82, 2.24) is 15.3 Å². The maximum absolute atomic E-state index is 5.18. The van der Waals surface area contributed by atoms with Crippen molar-refractivity contribution in [2.24, 2.45) is 0 Å². The van der Waals surface area contributed by atoms with E-state index in [0.717, 1.165) is 37.6 Å². The Morgan fingerprint density at radius 3 is 2.90 bits per heavy atom. The number of nitrogens with zero attached hydrogens (tertiary/aromatic N) is 2. The van der Waals surface area contributed by atoms with Crippen LogP contribution in [-0.4, -0.2) is 23.6 Å². The minimum absolute atomic E-state index is 0.419. The summed E-state index contributed by atoms with van der Waals surface area (Å²) in [6, 6.07) is 10.7. The fourth-order valence-corrected chi connectivity index (χ4v) is 2.36. The molecule has 1 aliphatic heterocycles. The van der Waals surface area contributed by atoms with Gasteiger partial charge in [0.05, 0.1) is 12.8 Å². The second kappa shape index (κ2) is 5.88. The SMILES string of the molecule is COc1nc2c(c(NCc3ccccc3)n1)CCNC2. The standard InChI is InChI=1S/C15H18N4O/c1-20-15-18-13-10-16-8-7-12(13)14(19-15)17-9-11-5-3-2-4-6-11/h2-6,16H,7-10H2,1H3,(H,17,18,19). The lowest BCUT2D eigenvalue weighted by Gasteiger charge is -2.20. The number of hydrogen-bond donors (Lipinski definition) is 2. The molecule has 104 valence electrons. The molecular formula is C15H18N4O. The zero-order valence-electron chi connectivity index (χ0n) is 11.5. The summed E-state index contributed by atoms with van der Waals surface area (Å²) in [5, 5.41) is 6.72. The Balaban J connectivity index is 1.84. The maximum atomic E-state index is 5.18. The lowest BCUT2D eigenvalue weighted by molar-refractivity contribution is 0.376. The summed E-state index contributed by atoms with van der Waals surface area (Å²) < 4.78 is 5.18. The van der Waals surface area contributed by atoms with Gasteiger partial charge in [-0.3, -0.25) is 0 Å². The van der Waals surface area contributed by atoms with Gasteiger partial charge < -0.3 is 15.4 Å². The van der Waals surface area contributed by atoms with Gasteiger partial charge in [-0.1, -0.05) is 30.3 Å². The molecule has 3 rings (SSSR count). The fraction of sp³-hybridized carbons (Fsp3) is 0.333. The summed E-state index contributed by atoms with van der Waals surface area (Å²) in [5.41, 5.74) is 3.45. The van der Waals surface area contributed by atoms with Crippen LogP contribution < -0.4 is 15.4 Å². The van der Waals surface area contributed by atoms with Crippen molar-refractivity contribution in [2.45, 2.75) is 19.5 Å². The van der Waals surface area contributed by atoms with Gasteiger partial charge in [0.15, 0.2) is 0 Å². The smallest absolute Gasteiger partial charge is 0.318 e. The lowest BCUT2D eigenvalue weighted by atomic mass is 10.1. The quantitative estimate of drug-likeness (QED) is 0.886. The van der Waals surface area contributed by atoms with Crippen molar-refractivity contribution < 1.29 is 4.74 Å². The number of aromatic nitrogens is 2. The Bertz CT molecular complexity index is 586. The third kappa shape index (κ3) is 2.72. The van der Waals surface area contributed by atoms with Gasteiger partial charge in [0, 0.05) is 18.7 Å². The van der Waals surface area contributed by atoms with E-state index in [1.54, 1.807) is 7.11 Å². The fourth-order valence-electron chi connectivity index (χ4n) is 2.36. The summed E-state index contributed by atoms with van der Waals surface area (Å²) in [7, 11) is 1.60. The average Bonchev–Trinajstić information content (AvgIpc) is 2.53. The first-order valence-electron chi connectivity index (χ1n) is 6.79. The molecule has 0 saturated heterocycles. The Hall–Kier alpha value is -2.14. The van der Waals surface area contributed by atoms with Crippen LogP contribution in [0.25, 0.3) is 0 Å². The Labute approximate surface area is 118 Å². The normalized spacial score (nSPS) is 13.7. The Morgan fingerprint density at radius 1 is 1.25 bits per heavy atom. The van der Waals surface area contributed by atoms with E-state index in [1.807, 2.05) is 18.2 Å². The van der Waals surface area contributed by atoms with Crippen LogP contribution in [0.1, 0.15) is 16.8 Å². The minimum atomic E-state index is 0.419. The lowest BCUT2D eigenvalue weighted by Crippen LogP contribution is -2.26. The van der Waals surface area contributed by atoms with Gasteiger partial charge >= 0.3 is 6.01 Å². The Morgan fingerprint density at radius 2 is 2.10 bits per heavy atom. The first kappa shape index (κ1) is 12.9. The third-order valence-corrected chi connectivity index (χ3v) is 3.40. The van der Waals surface area contributed by atoms with Crippen molar-refractivity contribution in [3.05, 3.63) is 47.2 Å². The third-order valence-electron chi connectivity index (χ3n) is 3.40. The van der Waals surface area contributed by atoms with Crippen LogP contribution in [0, 0.1) is 0 Å². The molecule has 0 aliphatic carbocycles. The van der Waals surface area contributed by atoms with Crippen molar-refractivity contribution in [3.8, 4) is 6.01 Å². The highest BCUT2D eigenvalue weighted by atomic mass is 16.5. The van der Waals surface area contributed by atoms with E-state index in [1.165, 1.54) is 11.1 Å². The molecule has 0 atom stereocenters. The first-order chi connectivity index (χ1) is 9.86. The zero-order chi connectivity index (χ0) is 13.8. The molecule has 0 amide bonds. The summed E-state index contributed by atoms with van der Waals surface area (Å²) >= 11 is 0. The molecule has 2 N–H and O–H groups in total. The van der Waals surface area contributed by atoms with Gasteiger partial charge in [0.25, 0.3) is 0 Å². The molecule has 1 aliphatic rings. The molecule has 0 unspecified atom stereocenters. The molecule has 0 radical (unpaired) electrons. The number of methoxy groups -OCH3 is 1. The van der Waals surface area contributed by atoms with Gasteiger partial charge in [-0.25, -0.2) is 0 Å². The summed E-state index contributed by atoms with van der Waals surface area (Å²) in [6.45, 7) is 2.48. The topological polar surface area (TPSA) is 59.1 Å². The molecule has 0 bridgehead atoms. The van der Waals surface area contributed by atoms with E-state index in [-0.39, 0.29) is 0 Å². The molecule has 0 fully saturated rings. The molecule has 5 nitrogen and oxygen atoms in total. The molecular weight excluding hydrogens is 252 g/mol. The van der Waals surface area contributed by atoms with Crippen molar-refractivity contribution in [2.75, 3.05) is 19.0 Å². The molecule has 20 heavy (non-hydrogen) atoms. The van der Waals surface area contributed by atoms with Gasteiger partial charge in [0.1, 0.15) is 5.82 Å². The predicted molar refractivity (Wildman–Crippen MR) is 77.8 cm³/mol. The highest BCUT2D eigenvalue weighted by Crippen LogP contribution is 2.23. The van der Waals surface area contributed by atoms with Crippen molar-refractivity contribution in [1.29, 1.82) is 0 Å². The minimum Gasteiger partial charge on any atom is -0.467 e. The molecule has 2 aromatic rings. The van der Waals surface area contributed by atoms with Crippen LogP contribution in [0.15, 0.2) is 30.3 Å². The monoisotopic (exact) mass is 270 g/mol. The number of fused-ring (bicyclic) bond motifs is 1. The first-order valence-corrected chi connectivity index (χ1v) is 6.79. The van der Waals surface area contributed by atoms with E-state index >= 15 is 0 Å². The highest BCUT2D eigenvalue weighted by Gasteiger charge is 2.17. The zero-order valence-corrected chi connectivity index (χ0v) is 11.5. The van der Waals surface area contributed by atoms with Gasteiger partial charge in [-0.05, 0) is 18.5 Å². The van der Waals surface area contributed by atoms with Crippen LogP contribution in [0.4, 0.5) is 5.82 Å². The van der Waals surface area contributed by atoms with Crippen LogP contribution >= 0.6 is 0 Å².